The van der Waals surface area contributed by atoms with Crippen molar-refractivity contribution in [3.8, 4) is 6.07 Å². The highest BCUT2D eigenvalue weighted by Gasteiger charge is 2.27. The van der Waals surface area contributed by atoms with Crippen molar-refractivity contribution in [2.75, 3.05) is 10.6 Å². The fraction of sp³-hybridized carbons (Fsp3) is 0.444. The van der Waals surface area contributed by atoms with Crippen LogP contribution in [0.3, 0.4) is 0 Å². The molecular weight excluding hydrogens is 466 g/mol. The van der Waals surface area contributed by atoms with Gasteiger partial charge in [-0.1, -0.05) is 6.07 Å². The number of nitriles is 1. The molecule has 3 aliphatic carbocycles. The third kappa shape index (κ3) is 5.66. The van der Waals surface area contributed by atoms with Crippen LogP contribution in [0, 0.1) is 11.3 Å². The van der Waals surface area contributed by atoms with E-state index < -0.39 is 0 Å². The normalized spacial score (nSPS) is 22.5. The molecule has 37 heavy (non-hydrogen) atoms. The lowest BCUT2D eigenvalue weighted by molar-refractivity contribution is 0.228. The van der Waals surface area contributed by atoms with Crippen LogP contribution in [-0.2, 0) is 12.8 Å². The number of carbonyl (C=O) groups is 1. The lowest BCUT2D eigenvalue weighted by Gasteiger charge is -2.30. The first-order valence-electron chi connectivity index (χ1n) is 13.1. The minimum atomic E-state index is -0.111. The van der Waals surface area contributed by atoms with Gasteiger partial charge in [0.25, 0.3) is 0 Å². The lowest BCUT2D eigenvalue weighted by Crippen LogP contribution is -2.48. The summed E-state index contributed by atoms with van der Waals surface area (Å²) < 4.78 is 0. The van der Waals surface area contributed by atoms with Gasteiger partial charge in [0.2, 0.25) is 5.95 Å². The maximum atomic E-state index is 12.6. The Labute approximate surface area is 215 Å². The zero-order valence-electron chi connectivity index (χ0n) is 20.6. The second-order valence-electron chi connectivity index (χ2n) is 10.4. The number of anilines is 3. The summed E-state index contributed by atoms with van der Waals surface area (Å²) in [6.07, 6.45) is 9.44. The highest BCUT2D eigenvalue weighted by molar-refractivity contribution is 5.75. The van der Waals surface area contributed by atoms with Crippen LogP contribution >= 0.6 is 0 Å². The highest BCUT2D eigenvalue weighted by atomic mass is 16.2. The van der Waals surface area contributed by atoms with E-state index in [-0.39, 0.29) is 24.2 Å². The van der Waals surface area contributed by atoms with E-state index in [1.54, 1.807) is 6.20 Å². The second-order valence-corrected chi connectivity index (χ2v) is 10.4. The van der Waals surface area contributed by atoms with E-state index in [2.05, 4.69) is 47.5 Å². The first kappa shape index (κ1) is 23.3. The molecule has 2 aromatic heterocycles. The minimum absolute atomic E-state index is 0.0711. The summed E-state index contributed by atoms with van der Waals surface area (Å²) in [5, 5.41) is 29.5. The fourth-order valence-electron chi connectivity index (χ4n) is 5.40. The predicted molar refractivity (Wildman–Crippen MR) is 140 cm³/mol. The molecule has 3 aliphatic rings. The molecule has 190 valence electrons. The molecule has 2 heterocycles. The number of nitrogens with zero attached hydrogens (tertiary/aromatic N) is 4. The molecule has 0 saturated heterocycles. The van der Waals surface area contributed by atoms with Crippen molar-refractivity contribution in [2.24, 2.45) is 0 Å². The molecule has 3 aromatic rings. The van der Waals surface area contributed by atoms with Crippen LogP contribution in [0.5, 0.6) is 0 Å². The summed E-state index contributed by atoms with van der Waals surface area (Å²) >= 11 is 0. The van der Waals surface area contributed by atoms with Crippen molar-refractivity contribution < 1.29 is 4.79 Å². The molecule has 1 unspecified atom stereocenters. The van der Waals surface area contributed by atoms with Crippen molar-refractivity contribution in [3.63, 3.8) is 0 Å². The van der Waals surface area contributed by atoms with Crippen LogP contribution in [0.1, 0.15) is 66.8 Å². The Bertz CT molecular complexity index is 1320. The van der Waals surface area contributed by atoms with Gasteiger partial charge in [-0.25, -0.2) is 9.78 Å². The number of H-pyrrole nitrogens is 1. The molecule has 10 heteroatoms. The second kappa shape index (κ2) is 10.1. The number of carbonyl (C=O) groups excluding carboxylic acids is 1. The molecule has 10 nitrogen and oxygen atoms in total. The Morgan fingerprint density at radius 2 is 1.70 bits per heavy atom. The Hall–Kier alpha value is -4.13. The van der Waals surface area contributed by atoms with Crippen molar-refractivity contribution >= 4 is 23.6 Å². The van der Waals surface area contributed by atoms with Gasteiger partial charge in [0.15, 0.2) is 5.82 Å². The molecule has 1 aromatic carbocycles. The summed E-state index contributed by atoms with van der Waals surface area (Å²) in [6, 6.07) is 12.2. The number of rotatable bonds is 7. The van der Waals surface area contributed by atoms with E-state index in [1.165, 1.54) is 24.1 Å². The quantitative estimate of drug-likeness (QED) is 0.333. The average molecular weight is 498 g/mol. The number of benzene rings is 1. The number of aromatic amines is 1. The van der Waals surface area contributed by atoms with Crippen molar-refractivity contribution in [1.29, 1.82) is 5.26 Å². The number of hydrogen-bond acceptors (Lipinski definition) is 7. The van der Waals surface area contributed by atoms with Gasteiger partial charge in [-0.2, -0.15) is 15.3 Å². The number of aromatic nitrogens is 4. The smallest absolute Gasteiger partial charge is 0.315 e. The topological polar surface area (TPSA) is 143 Å². The first-order valence-corrected chi connectivity index (χ1v) is 13.1. The summed E-state index contributed by atoms with van der Waals surface area (Å²) in [6.45, 7) is 0. The van der Waals surface area contributed by atoms with Gasteiger partial charge in [-0.15, -0.1) is 0 Å². The summed E-state index contributed by atoms with van der Waals surface area (Å²) in [5.74, 6) is 2.69. The fourth-order valence-corrected chi connectivity index (χ4v) is 5.40. The van der Waals surface area contributed by atoms with E-state index >= 15 is 0 Å². The van der Waals surface area contributed by atoms with E-state index in [0.717, 1.165) is 49.9 Å². The molecule has 1 atom stereocenters. The van der Waals surface area contributed by atoms with Crippen molar-refractivity contribution in [2.45, 2.75) is 75.4 Å². The van der Waals surface area contributed by atoms with Crippen LogP contribution in [0.2, 0.25) is 0 Å². The Morgan fingerprint density at radius 3 is 2.51 bits per heavy atom. The third-order valence-electron chi connectivity index (χ3n) is 7.53. The van der Waals surface area contributed by atoms with Gasteiger partial charge in [-0.05, 0) is 80.7 Å². The van der Waals surface area contributed by atoms with Gasteiger partial charge in [-0.3, -0.25) is 5.10 Å². The van der Waals surface area contributed by atoms with Gasteiger partial charge in [0.1, 0.15) is 5.82 Å². The van der Waals surface area contributed by atoms with E-state index in [0.29, 0.717) is 23.2 Å². The maximum absolute atomic E-state index is 12.6. The van der Waals surface area contributed by atoms with Gasteiger partial charge >= 0.3 is 6.03 Å². The number of hydrogen-bond donors (Lipinski definition) is 5. The molecule has 0 aliphatic heterocycles. The van der Waals surface area contributed by atoms with Gasteiger partial charge in [0.05, 0.1) is 11.6 Å². The molecule has 0 bridgehead atoms. The van der Waals surface area contributed by atoms with Crippen LogP contribution < -0.4 is 21.3 Å². The zero-order chi connectivity index (χ0) is 25.2. The highest BCUT2D eigenvalue weighted by Crippen LogP contribution is 2.39. The van der Waals surface area contributed by atoms with Gasteiger partial charge < -0.3 is 21.3 Å². The molecule has 2 fully saturated rings. The lowest BCUT2D eigenvalue weighted by atomic mass is 9.91. The van der Waals surface area contributed by atoms with E-state index in [1.807, 2.05) is 30.3 Å². The van der Waals surface area contributed by atoms with E-state index in [9.17, 15) is 4.79 Å². The van der Waals surface area contributed by atoms with E-state index in [4.69, 9.17) is 5.26 Å². The number of nitrogens with one attached hydrogen (secondary N) is 5. The Balaban J connectivity index is 0.943. The monoisotopic (exact) mass is 497 g/mol. The van der Waals surface area contributed by atoms with Crippen LogP contribution in [0.25, 0.3) is 0 Å². The molecule has 2 amide bonds. The largest absolute Gasteiger partial charge is 0.351 e. The van der Waals surface area contributed by atoms with Crippen LogP contribution in [-0.4, -0.2) is 44.3 Å². The first-order chi connectivity index (χ1) is 18.1. The van der Waals surface area contributed by atoms with Gasteiger partial charge in [0, 0.05) is 42.0 Å². The molecule has 5 N–H and O–H groups in total. The third-order valence-corrected chi connectivity index (χ3v) is 7.53. The average Bonchev–Trinajstić information content (AvgIpc) is 3.52. The van der Waals surface area contributed by atoms with Crippen molar-refractivity contribution in [3.05, 3.63) is 58.9 Å². The Morgan fingerprint density at radius 1 is 0.919 bits per heavy atom. The number of urea groups is 1. The molecule has 0 radical (unpaired) electrons. The molecule has 0 spiro atoms. The maximum Gasteiger partial charge on any atom is 0.315 e. The predicted octanol–water partition coefficient (Wildman–Crippen LogP) is 3.88. The molecule has 6 rings (SSSR count). The summed E-state index contributed by atoms with van der Waals surface area (Å²) in [7, 11) is 0. The SMILES string of the molecule is N#Cc1ccc2c(c1)CC(NC(=O)NC1CCC(Nc3nccc(Nc4cc(C5CC5)[nH]n4)n3)CC1)C2. The Kier molecular flexibility index (Phi) is 6.35. The molecular formula is C27H31N9O. The minimum Gasteiger partial charge on any atom is -0.351 e. The number of fused-ring (bicyclic) bond motifs is 1. The van der Waals surface area contributed by atoms with Crippen molar-refractivity contribution in [1.82, 2.24) is 30.8 Å². The zero-order valence-corrected chi connectivity index (χ0v) is 20.6. The van der Waals surface area contributed by atoms with Crippen LogP contribution in [0.15, 0.2) is 36.5 Å². The number of amides is 2. The standard InChI is InChI=1S/C27H31N9O/c28-15-16-1-2-18-12-22(13-19(18)11-16)32-27(37)31-21-7-5-20(6-8-21)30-26-29-10-9-24(34-26)33-25-14-23(35-36-25)17-3-4-17/h1-2,9-11,14,17,20-22H,3-8,12-13H2,(H2,31,32,37)(H3,29,30,33,34,35,36). The van der Waals surface area contributed by atoms with Crippen LogP contribution in [0.4, 0.5) is 22.4 Å². The molecule has 2 saturated carbocycles. The summed E-state index contributed by atoms with van der Waals surface area (Å²) in [4.78, 5) is 21.6. The summed E-state index contributed by atoms with van der Waals surface area (Å²) in [5.41, 5.74) is 4.22.